The molecular formula is C27H38ClN3O4S. The highest BCUT2D eigenvalue weighted by atomic mass is 35.5. The van der Waals surface area contributed by atoms with E-state index in [1.165, 1.54) is 10.6 Å². The fourth-order valence-corrected chi connectivity index (χ4v) is 5.31. The number of halogens is 1. The predicted octanol–water partition coefficient (Wildman–Crippen LogP) is 4.84. The quantitative estimate of drug-likeness (QED) is 0.421. The summed E-state index contributed by atoms with van der Waals surface area (Å²) < 4.78 is 26.5. The third-order valence-electron chi connectivity index (χ3n) is 6.11. The first kappa shape index (κ1) is 29.6. The molecule has 0 aliphatic carbocycles. The summed E-state index contributed by atoms with van der Waals surface area (Å²) in [6.45, 7) is 9.78. The van der Waals surface area contributed by atoms with Crippen LogP contribution in [0, 0.1) is 13.8 Å². The van der Waals surface area contributed by atoms with E-state index in [-0.39, 0.29) is 37.4 Å². The predicted molar refractivity (Wildman–Crippen MR) is 147 cm³/mol. The Hall–Kier alpha value is -2.58. The monoisotopic (exact) mass is 535 g/mol. The van der Waals surface area contributed by atoms with E-state index in [4.69, 9.17) is 11.6 Å². The van der Waals surface area contributed by atoms with E-state index < -0.39 is 16.1 Å². The molecule has 0 saturated carbocycles. The molecule has 0 bridgehead atoms. The zero-order valence-electron chi connectivity index (χ0n) is 22.0. The van der Waals surface area contributed by atoms with Gasteiger partial charge in [-0.2, -0.15) is 0 Å². The lowest BCUT2D eigenvalue weighted by Crippen LogP contribution is -2.50. The molecule has 1 N–H and O–H groups in total. The Morgan fingerprint density at radius 3 is 2.31 bits per heavy atom. The molecule has 2 aromatic rings. The molecule has 0 aliphatic rings. The van der Waals surface area contributed by atoms with E-state index >= 15 is 0 Å². The Labute approximate surface area is 220 Å². The van der Waals surface area contributed by atoms with Crippen LogP contribution in [0.25, 0.3) is 0 Å². The van der Waals surface area contributed by atoms with Crippen LogP contribution >= 0.6 is 11.6 Å². The molecule has 1 unspecified atom stereocenters. The van der Waals surface area contributed by atoms with Crippen molar-refractivity contribution in [2.75, 3.05) is 17.1 Å². The number of amides is 2. The highest BCUT2D eigenvalue weighted by Gasteiger charge is 2.29. The summed E-state index contributed by atoms with van der Waals surface area (Å²) in [5, 5.41) is 3.42. The minimum Gasteiger partial charge on any atom is -0.352 e. The molecule has 9 heteroatoms. The van der Waals surface area contributed by atoms with Gasteiger partial charge in [0.2, 0.25) is 21.8 Å². The van der Waals surface area contributed by atoms with Gasteiger partial charge in [-0.1, -0.05) is 48.9 Å². The van der Waals surface area contributed by atoms with Gasteiger partial charge in [-0.3, -0.25) is 13.9 Å². The summed E-state index contributed by atoms with van der Waals surface area (Å²) in [5.74, 6) is -0.448. The molecule has 0 aromatic heterocycles. The van der Waals surface area contributed by atoms with Crippen molar-refractivity contribution < 1.29 is 18.0 Å². The second-order valence-corrected chi connectivity index (χ2v) is 11.7. The van der Waals surface area contributed by atoms with Crippen LogP contribution in [-0.4, -0.2) is 50.0 Å². The molecule has 2 rings (SSSR count). The van der Waals surface area contributed by atoms with Crippen LogP contribution < -0.4 is 9.62 Å². The van der Waals surface area contributed by atoms with E-state index in [9.17, 15) is 18.0 Å². The second kappa shape index (κ2) is 13.1. The van der Waals surface area contributed by atoms with Gasteiger partial charge in [-0.15, -0.1) is 0 Å². The van der Waals surface area contributed by atoms with E-state index in [0.717, 1.165) is 16.7 Å². The fraction of sp³-hybridized carbons (Fsp3) is 0.481. The zero-order chi connectivity index (χ0) is 27.0. The van der Waals surface area contributed by atoms with Crippen molar-refractivity contribution in [3.05, 3.63) is 64.2 Å². The largest absolute Gasteiger partial charge is 0.352 e. The van der Waals surface area contributed by atoms with Gasteiger partial charge in [0.1, 0.15) is 6.04 Å². The van der Waals surface area contributed by atoms with Gasteiger partial charge in [-0.25, -0.2) is 8.42 Å². The average molecular weight is 536 g/mol. The highest BCUT2D eigenvalue weighted by Crippen LogP contribution is 2.26. The molecule has 0 fully saturated rings. The molecule has 0 spiro atoms. The van der Waals surface area contributed by atoms with Crippen molar-refractivity contribution in [2.45, 2.75) is 72.5 Å². The van der Waals surface area contributed by atoms with E-state index in [2.05, 4.69) is 5.32 Å². The molecule has 0 radical (unpaired) electrons. The van der Waals surface area contributed by atoms with Gasteiger partial charge in [-0.05, 0) is 69.4 Å². The first-order valence-electron chi connectivity index (χ1n) is 12.2. The maximum Gasteiger partial charge on any atom is 0.243 e. The molecule has 0 heterocycles. The number of hydrogen-bond acceptors (Lipinski definition) is 4. The van der Waals surface area contributed by atoms with E-state index in [0.29, 0.717) is 23.6 Å². The highest BCUT2D eigenvalue weighted by molar-refractivity contribution is 7.92. The number of hydrogen-bond donors (Lipinski definition) is 1. The molecule has 1 atom stereocenters. The molecule has 2 aromatic carbocycles. The topological polar surface area (TPSA) is 86.8 Å². The number of anilines is 1. The van der Waals surface area contributed by atoms with Crippen LogP contribution in [-0.2, 0) is 26.2 Å². The van der Waals surface area contributed by atoms with E-state index in [1.54, 1.807) is 17.0 Å². The average Bonchev–Trinajstić information content (AvgIpc) is 2.78. The van der Waals surface area contributed by atoms with Crippen molar-refractivity contribution in [3.63, 3.8) is 0 Å². The third kappa shape index (κ3) is 7.96. The number of aryl methyl sites for hydroxylation is 1. The SMILES string of the molecule is CCC(C(=O)NC(C)C)N(Cc1ccccc1Cl)C(=O)CCCN(c1cccc(C)c1C)S(C)(=O)=O. The number of sulfonamides is 1. The first-order valence-corrected chi connectivity index (χ1v) is 14.5. The lowest BCUT2D eigenvalue weighted by atomic mass is 10.1. The molecule has 36 heavy (non-hydrogen) atoms. The standard InChI is InChI=1S/C27H38ClN3O4S/c1-7-24(27(33)29-19(2)3)30(18-22-13-8-9-14-23(22)28)26(32)16-11-17-31(36(6,34)35)25-15-10-12-20(4)21(25)5/h8-10,12-15,19,24H,7,11,16-18H2,1-6H3,(H,29,33). The van der Waals surface area contributed by atoms with Crippen molar-refractivity contribution >= 4 is 39.1 Å². The van der Waals surface area contributed by atoms with Gasteiger partial charge >= 0.3 is 0 Å². The molecule has 0 saturated heterocycles. The van der Waals surface area contributed by atoms with Crippen LogP contribution in [0.15, 0.2) is 42.5 Å². The maximum absolute atomic E-state index is 13.5. The number of nitrogens with one attached hydrogen (secondary N) is 1. The minimum atomic E-state index is -3.55. The lowest BCUT2D eigenvalue weighted by Gasteiger charge is -2.32. The van der Waals surface area contributed by atoms with Crippen molar-refractivity contribution in [2.24, 2.45) is 0 Å². The van der Waals surface area contributed by atoms with Gasteiger partial charge in [0.25, 0.3) is 0 Å². The molecule has 7 nitrogen and oxygen atoms in total. The summed E-state index contributed by atoms with van der Waals surface area (Å²) in [7, 11) is -3.55. The summed E-state index contributed by atoms with van der Waals surface area (Å²) in [4.78, 5) is 28.0. The Morgan fingerprint density at radius 2 is 1.72 bits per heavy atom. The molecule has 0 aliphatic heterocycles. The summed E-state index contributed by atoms with van der Waals surface area (Å²) in [6.07, 6.45) is 2.00. The van der Waals surface area contributed by atoms with Crippen LogP contribution in [0.1, 0.15) is 56.7 Å². The van der Waals surface area contributed by atoms with Crippen LogP contribution in [0.4, 0.5) is 5.69 Å². The summed E-state index contributed by atoms with van der Waals surface area (Å²) in [5.41, 5.74) is 3.23. The summed E-state index contributed by atoms with van der Waals surface area (Å²) in [6, 6.07) is 12.0. The number of rotatable bonds is 12. The number of benzene rings is 2. The first-order chi connectivity index (χ1) is 16.9. The fourth-order valence-electron chi connectivity index (χ4n) is 4.10. The Balaban J connectivity index is 2.26. The Bertz CT molecular complexity index is 1170. The third-order valence-corrected chi connectivity index (χ3v) is 7.66. The Morgan fingerprint density at radius 1 is 1.06 bits per heavy atom. The molecular weight excluding hydrogens is 498 g/mol. The number of nitrogens with zero attached hydrogens (tertiary/aromatic N) is 2. The Kier molecular flexibility index (Phi) is 10.8. The van der Waals surface area contributed by atoms with Crippen molar-refractivity contribution in [1.82, 2.24) is 10.2 Å². The normalized spacial score (nSPS) is 12.3. The smallest absolute Gasteiger partial charge is 0.243 e. The van der Waals surface area contributed by atoms with Crippen LogP contribution in [0.5, 0.6) is 0 Å². The number of carbonyl (C=O) groups excluding carboxylic acids is 2. The summed E-state index contributed by atoms with van der Waals surface area (Å²) >= 11 is 6.36. The minimum absolute atomic E-state index is 0.0651. The number of carbonyl (C=O) groups is 2. The molecule has 2 amide bonds. The van der Waals surface area contributed by atoms with E-state index in [1.807, 2.05) is 65.0 Å². The van der Waals surface area contributed by atoms with Gasteiger partial charge in [0.15, 0.2) is 0 Å². The zero-order valence-corrected chi connectivity index (χ0v) is 23.6. The van der Waals surface area contributed by atoms with Crippen molar-refractivity contribution in [3.8, 4) is 0 Å². The van der Waals surface area contributed by atoms with Crippen LogP contribution in [0.2, 0.25) is 5.02 Å². The van der Waals surface area contributed by atoms with Gasteiger partial charge < -0.3 is 10.2 Å². The molecule has 198 valence electrons. The van der Waals surface area contributed by atoms with Gasteiger partial charge in [0, 0.05) is 30.6 Å². The van der Waals surface area contributed by atoms with Crippen LogP contribution in [0.3, 0.4) is 0 Å². The maximum atomic E-state index is 13.5. The second-order valence-electron chi connectivity index (χ2n) is 9.36. The van der Waals surface area contributed by atoms with Gasteiger partial charge in [0.05, 0.1) is 11.9 Å². The van der Waals surface area contributed by atoms with Crippen molar-refractivity contribution in [1.29, 1.82) is 0 Å². The lowest BCUT2D eigenvalue weighted by molar-refractivity contribution is -0.141.